The molecule has 1 heterocycles. The van der Waals surface area contributed by atoms with Crippen LogP contribution in [-0.2, 0) is 14.8 Å². The van der Waals surface area contributed by atoms with Gasteiger partial charge in [-0.3, -0.25) is 9.80 Å². The molecule has 0 N–H and O–H groups in total. The largest absolute Gasteiger partial charge is 0.271 e. The molecule has 7 heteroatoms. The van der Waals surface area contributed by atoms with E-state index in [-0.39, 0.29) is 21.9 Å². The van der Waals surface area contributed by atoms with Gasteiger partial charge in [-0.2, -0.15) is 0 Å². The SMILES string of the molecule is CC1(C)C(=O)N(C2C3CC4CC(C3)CC2C4)N1S(=O)(=O)c1ccccc1Cl. The minimum absolute atomic E-state index is 0.00980. The van der Waals surface area contributed by atoms with Crippen LogP contribution in [0.25, 0.3) is 0 Å². The van der Waals surface area contributed by atoms with E-state index in [2.05, 4.69) is 0 Å². The van der Waals surface area contributed by atoms with Crippen LogP contribution < -0.4 is 0 Å². The standard InChI is InChI=1S/C20H25ClN2O3S/c1-20(2)19(24)22(18-14-8-12-7-13(10-14)11-15(18)9-12)23(20)27(25,26)17-6-4-3-5-16(17)21/h3-6,12-15,18H,7-11H2,1-2H3. The zero-order valence-electron chi connectivity index (χ0n) is 15.6. The number of nitrogens with zero attached hydrogens (tertiary/aromatic N) is 2. The number of halogens is 1. The van der Waals surface area contributed by atoms with E-state index in [4.69, 9.17) is 11.6 Å². The predicted molar refractivity (Wildman–Crippen MR) is 102 cm³/mol. The number of carbonyl (C=O) groups excluding carboxylic acids is 1. The zero-order chi connectivity index (χ0) is 19.1. The van der Waals surface area contributed by atoms with Crippen LogP contribution in [0.4, 0.5) is 0 Å². The Labute approximate surface area is 165 Å². The van der Waals surface area contributed by atoms with E-state index in [0.29, 0.717) is 11.8 Å². The summed E-state index contributed by atoms with van der Waals surface area (Å²) >= 11 is 6.21. The summed E-state index contributed by atoms with van der Waals surface area (Å²) in [5, 5.41) is 1.78. The molecule has 1 amide bonds. The van der Waals surface area contributed by atoms with E-state index < -0.39 is 15.6 Å². The summed E-state index contributed by atoms with van der Waals surface area (Å²) in [7, 11) is -3.90. The van der Waals surface area contributed by atoms with Gasteiger partial charge in [-0.25, -0.2) is 8.42 Å². The minimum Gasteiger partial charge on any atom is -0.271 e. The zero-order valence-corrected chi connectivity index (χ0v) is 17.2. The fraction of sp³-hybridized carbons (Fsp3) is 0.650. The number of sulfonamides is 1. The first kappa shape index (κ1) is 18.0. The molecule has 27 heavy (non-hydrogen) atoms. The molecule has 5 aliphatic rings. The third kappa shape index (κ3) is 2.39. The van der Waals surface area contributed by atoms with Crippen molar-refractivity contribution < 1.29 is 13.2 Å². The molecule has 146 valence electrons. The Morgan fingerprint density at radius 1 is 1.00 bits per heavy atom. The Kier molecular flexibility index (Phi) is 3.79. The highest BCUT2D eigenvalue weighted by molar-refractivity contribution is 7.89. The molecule has 5 fully saturated rings. The molecule has 5 nitrogen and oxygen atoms in total. The van der Waals surface area contributed by atoms with Gasteiger partial charge in [0.25, 0.3) is 15.9 Å². The van der Waals surface area contributed by atoms with Crippen molar-refractivity contribution in [2.45, 2.75) is 62.4 Å². The maximum atomic E-state index is 13.5. The van der Waals surface area contributed by atoms with E-state index in [1.165, 1.54) is 16.9 Å². The first-order valence-electron chi connectivity index (χ1n) is 9.85. The summed E-state index contributed by atoms with van der Waals surface area (Å²) in [6.07, 6.45) is 5.83. The fourth-order valence-electron chi connectivity index (χ4n) is 6.38. The van der Waals surface area contributed by atoms with Crippen LogP contribution in [-0.4, -0.2) is 35.3 Å². The Bertz CT molecular complexity index is 886. The first-order chi connectivity index (χ1) is 12.7. The van der Waals surface area contributed by atoms with Gasteiger partial charge in [-0.1, -0.05) is 28.1 Å². The van der Waals surface area contributed by atoms with Gasteiger partial charge in [0.15, 0.2) is 0 Å². The van der Waals surface area contributed by atoms with Crippen molar-refractivity contribution in [2.75, 3.05) is 0 Å². The minimum atomic E-state index is -3.90. The summed E-state index contributed by atoms with van der Waals surface area (Å²) in [5.41, 5.74) is -1.08. The number of amides is 1. The monoisotopic (exact) mass is 408 g/mol. The average molecular weight is 409 g/mol. The van der Waals surface area contributed by atoms with E-state index in [9.17, 15) is 13.2 Å². The molecule has 1 aliphatic heterocycles. The van der Waals surface area contributed by atoms with Gasteiger partial charge < -0.3 is 0 Å². The molecular formula is C20H25ClN2O3S. The van der Waals surface area contributed by atoms with Gasteiger partial charge in [0.05, 0.1) is 11.1 Å². The van der Waals surface area contributed by atoms with Crippen LogP contribution in [0.1, 0.15) is 46.0 Å². The second-order valence-electron chi connectivity index (χ2n) is 9.31. The lowest BCUT2D eigenvalue weighted by Gasteiger charge is -2.64. The first-order valence-corrected chi connectivity index (χ1v) is 11.7. The van der Waals surface area contributed by atoms with Crippen LogP contribution >= 0.6 is 11.6 Å². The summed E-state index contributed by atoms with van der Waals surface area (Å²) in [5.74, 6) is 2.29. The van der Waals surface area contributed by atoms with Gasteiger partial charge >= 0.3 is 0 Å². The van der Waals surface area contributed by atoms with Gasteiger partial charge in [0, 0.05) is 0 Å². The Morgan fingerprint density at radius 3 is 2.11 bits per heavy atom. The topological polar surface area (TPSA) is 57.7 Å². The average Bonchev–Trinajstić information content (AvgIpc) is 2.59. The van der Waals surface area contributed by atoms with Crippen LogP contribution in [0.5, 0.6) is 0 Å². The molecule has 1 aromatic rings. The van der Waals surface area contributed by atoms with E-state index in [1.54, 1.807) is 37.1 Å². The smallest absolute Gasteiger partial charge is 0.262 e. The maximum absolute atomic E-state index is 13.5. The summed E-state index contributed by atoms with van der Waals surface area (Å²) in [4.78, 5) is 13.1. The molecule has 0 aromatic heterocycles. The number of benzene rings is 1. The molecule has 1 saturated heterocycles. The Hall–Kier alpha value is -1.11. The molecule has 0 unspecified atom stereocenters. The van der Waals surface area contributed by atoms with Crippen molar-refractivity contribution in [3.8, 4) is 0 Å². The van der Waals surface area contributed by atoms with Crippen molar-refractivity contribution in [1.82, 2.24) is 9.42 Å². The lowest BCUT2D eigenvalue weighted by molar-refractivity contribution is -0.218. The Balaban J connectivity index is 1.55. The summed E-state index contributed by atoms with van der Waals surface area (Å²) in [6.45, 7) is 3.38. The van der Waals surface area contributed by atoms with Crippen LogP contribution in [0, 0.1) is 23.7 Å². The number of hydrogen-bond acceptors (Lipinski definition) is 3. The highest BCUT2D eigenvalue weighted by atomic mass is 35.5. The van der Waals surface area contributed by atoms with Crippen molar-refractivity contribution in [3.05, 3.63) is 29.3 Å². The molecule has 4 aliphatic carbocycles. The van der Waals surface area contributed by atoms with E-state index >= 15 is 0 Å². The van der Waals surface area contributed by atoms with Gasteiger partial charge in [0.1, 0.15) is 10.4 Å². The molecule has 1 aromatic carbocycles. The van der Waals surface area contributed by atoms with Crippen molar-refractivity contribution in [1.29, 1.82) is 0 Å². The highest BCUT2D eigenvalue weighted by Crippen LogP contribution is 2.57. The van der Waals surface area contributed by atoms with E-state index in [0.717, 1.165) is 37.5 Å². The quantitative estimate of drug-likeness (QED) is 0.766. The van der Waals surface area contributed by atoms with E-state index in [1.807, 2.05) is 0 Å². The number of rotatable bonds is 3. The van der Waals surface area contributed by atoms with Crippen LogP contribution in [0.15, 0.2) is 29.2 Å². The molecular weight excluding hydrogens is 384 g/mol. The maximum Gasteiger partial charge on any atom is 0.262 e. The third-order valence-corrected chi connectivity index (χ3v) is 9.65. The van der Waals surface area contributed by atoms with Gasteiger partial charge in [-0.15, -0.1) is 0 Å². The van der Waals surface area contributed by atoms with Crippen LogP contribution in [0.2, 0.25) is 5.02 Å². The fourth-order valence-corrected chi connectivity index (χ4v) is 8.66. The predicted octanol–water partition coefficient (Wildman–Crippen LogP) is 3.69. The second kappa shape index (κ2) is 5.71. The van der Waals surface area contributed by atoms with Crippen molar-refractivity contribution >= 4 is 27.5 Å². The van der Waals surface area contributed by atoms with Gasteiger partial charge in [0.2, 0.25) is 0 Å². The molecule has 4 bridgehead atoms. The van der Waals surface area contributed by atoms with Crippen molar-refractivity contribution in [3.63, 3.8) is 0 Å². The molecule has 0 radical (unpaired) electrons. The summed E-state index contributed by atoms with van der Waals surface area (Å²) in [6, 6.07) is 6.49. The van der Waals surface area contributed by atoms with Gasteiger partial charge in [-0.05, 0) is 81.8 Å². The molecule has 0 spiro atoms. The number of hydrazine groups is 1. The normalized spacial score (nSPS) is 37.5. The number of hydrogen-bond donors (Lipinski definition) is 0. The second-order valence-corrected chi connectivity index (χ2v) is 11.5. The molecule has 0 atom stereocenters. The highest BCUT2D eigenvalue weighted by Gasteiger charge is 2.65. The lowest BCUT2D eigenvalue weighted by Crippen LogP contribution is -2.80. The summed E-state index contributed by atoms with van der Waals surface area (Å²) < 4.78 is 28.3. The molecule has 4 saturated carbocycles. The number of carbonyl (C=O) groups is 1. The lowest BCUT2D eigenvalue weighted by atomic mass is 9.54. The van der Waals surface area contributed by atoms with Crippen molar-refractivity contribution in [2.24, 2.45) is 23.7 Å². The third-order valence-electron chi connectivity index (χ3n) is 7.21. The molecule has 6 rings (SSSR count). The Morgan fingerprint density at radius 2 is 1.56 bits per heavy atom. The van der Waals surface area contributed by atoms with Crippen LogP contribution in [0.3, 0.4) is 0 Å².